The van der Waals surface area contributed by atoms with Gasteiger partial charge in [0.2, 0.25) is 0 Å². The largest absolute Gasteiger partial charge is 0.491 e. The van der Waals surface area contributed by atoms with Gasteiger partial charge in [0.25, 0.3) is 5.91 Å². The molecule has 0 radical (unpaired) electrons. The van der Waals surface area contributed by atoms with E-state index in [2.05, 4.69) is 4.90 Å². The smallest absolute Gasteiger partial charge is 0.251 e. The molecule has 2 heterocycles. The Balaban J connectivity index is 1.32. The van der Waals surface area contributed by atoms with Crippen molar-refractivity contribution in [1.82, 2.24) is 9.80 Å². The second-order valence-electron chi connectivity index (χ2n) is 7.41. The number of nitrogens with zero attached hydrogens (tertiary/aromatic N) is 2. The van der Waals surface area contributed by atoms with E-state index in [0.717, 1.165) is 52.2 Å². The lowest BCUT2D eigenvalue weighted by Gasteiger charge is -2.36. The highest BCUT2D eigenvalue weighted by molar-refractivity contribution is 6.32. The fraction of sp³-hybridized carbons (Fsp3) is 0.667. The number of carbonyl (C=O) groups is 1. The Hall–Kier alpha value is -1.34. The minimum Gasteiger partial charge on any atom is -0.491 e. The van der Waals surface area contributed by atoms with Gasteiger partial charge >= 0.3 is 0 Å². The molecule has 28 heavy (non-hydrogen) atoms. The molecular formula is C21H31ClN2O4. The van der Waals surface area contributed by atoms with Crippen LogP contribution in [0.3, 0.4) is 0 Å². The quantitative estimate of drug-likeness (QED) is 0.659. The number of hydrogen-bond acceptors (Lipinski definition) is 5. The highest BCUT2D eigenvalue weighted by atomic mass is 35.5. The molecule has 6 nitrogen and oxygen atoms in total. The summed E-state index contributed by atoms with van der Waals surface area (Å²) < 4.78 is 17.2. The predicted molar refractivity (Wildman–Crippen MR) is 109 cm³/mol. The third-order valence-electron chi connectivity index (χ3n) is 5.34. The van der Waals surface area contributed by atoms with Gasteiger partial charge in [-0.05, 0) is 38.3 Å². The molecule has 2 aliphatic heterocycles. The number of hydrogen-bond donors (Lipinski definition) is 0. The molecule has 2 aliphatic rings. The molecule has 0 aliphatic carbocycles. The Morgan fingerprint density at radius 3 is 2.75 bits per heavy atom. The van der Waals surface area contributed by atoms with E-state index in [1.807, 2.05) is 36.1 Å². The first-order valence-corrected chi connectivity index (χ1v) is 10.6. The number of para-hydroxylation sites is 1. The van der Waals surface area contributed by atoms with E-state index < -0.39 is 6.10 Å². The Labute approximate surface area is 172 Å². The molecule has 156 valence electrons. The van der Waals surface area contributed by atoms with Gasteiger partial charge in [0, 0.05) is 39.3 Å². The zero-order chi connectivity index (χ0) is 19.8. The summed E-state index contributed by atoms with van der Waals surface area (Å²) >= 11 is 6.10. The molecule has 1 amide bonds. The van der Waals surface area contributed by atoms with Gasteiger partial charge in [0.1, 0.15) is 18.5 Å². The molecule has 0 N–H and O–H groups in total. The minimum atomic E-state index is -0.416. The lowest BCUT2D eigenvalue weighted by molar-refractivity contribution is -0.147. The summed E-state index contributed by atoms with van der Waals surface area (Å²) in [5.74, 6) is 0.786. The first-order valence-electron chi connectivity index (χ1n) is 10.2. The molecule has 0 bridgehead atoms. The van der Waals surface area contributed by atoms with Crippen LogP contribution in [-0.4, -0.2) is 80.5 Å². The van der Waals surface area contributed by atoms with E-state index in [-0.39, 0.29) is 12.0 Å². The number of halogens is 1. The van der Waals surface area contributed by atoms with Gasteiger partial charge in [-0.1, -0.05) is 23.7 Å². The fourth-order valence-corrected chi connectivity index (χ4v) is 3.75. The SMILES string of the molecule is CC(OCC1CCCCO1)C(=O)N1CCN(CCOc2ccccc2Cl)CC1. The van der Waals surface area contributed by atoms with Crippen LogP contribution in [-0.2, 0) is 14.3 Å². The zero-order valence-electron chi connectivity index (χ0n) is 16.6. The van der Waals surface area contributed by atoms with Gasteiger partial charge in [0.05, 0.1) is 17.7 Å². The number of piperazine rings is 1. The van der Waals surface area contributed by atoms with Gasteiger partial charge < -0.3 is 19.1 Å². The number of rotatable bonds is 8. The van der Waals surface area contributed by atoms with Crippen molar-refractivity contribution in [2.75, 3.05) is 52.5 Å². The van der Waals surface area contributed by atoms with Crippen LogP contribution in [0.2, 0.25) is 5.02 Å². The Morgan fingerprint density at radius 2 is 2.04 bits per heavy atom. The van der Waals surface area contributed by atoms with Crippen molar-refractivity contribution in [1.29, 1.82) is 0 Å². The van der Waals surface area contributed by atoms with Crippen LogP contribution in [0.5, 0.6) is 5.75 Å². The van der Waals surface area contributed by atoms with E-state index in [1.54, 1.807) is 0 Å². The monoisotopic (exact) mass is 410 g/mol. The molecule has 1 aromatic carbocycles. The molecule has 2 unspecified atom stereocenters. The maximum absolute atomic E-state index is 12.6. The maximum Gasteiger partial charge on any atom is 0.251 e. The summed E-state index contributed by atoms with van der Waals surface area (Å²) in [6.07, 6.45) is 3.05. The molecule has 2 fully saturated rings. The third-order valence-corrected chi connectivity index (χ3v) is 5.65. The highest BCUT2D eigenvalue weighted by Gasteiger charge is 2.26. The maximum atomic E-state index is 12.6. The molecule has 1 aromatic rings. The van der Waals surface area contributed by atoms with Crippen LogP contribution in [0.15, 0.2) is 24.3 Å². The van der Waals surface area contributed by atoms with Crippen LogP contribution < -0.4 is 4.74 Å². The normalized spacial score (nSPS) is 22.1. The van der Waals surface area contributed by atoms with E-state index in [1.165, 1.54) is 6.42 Å². The van der Waals surface area contributed by atoms with Crippen LogP contribution in [0, 0.1) is 0 Å². The summed E-state index contributed by atoms with van der Waals surface area (Å²) in [5, 5.41) is 0.630. The topological polar surface area (TPSA) is 51.2 Å². The van der Waals surface area contributed by atoms with E-state index >= 15 is 0 Å². The molecule has 2 atom stereocenters. The molecule has 3 rings (SSSR count). The number of amides is 1. The number of carbonyl (C=O) groups excluding carboxylic acids is 1. The Morgan fingerprint density at radius 1 is 1.25 bits per heavy atom. The first kappa shape index (κ1) is 21.4. The van der Waals surface area contributed by atoms with Crippen molar-refractivity contribution >= 4 is 17.5 Å². The molecule has 2 saturated heterocycles. The first-order chi connectivity index (χ1) is 13.6. The summed E-state index contributed by atoms with van der Waals surface area (Å²) in [7, 11) is 0. The summed E-state index contributed by atoms with van der Waals surface area (Å²) in [5.41, 5.74) is 0. The Kier molecular flexibility index (Phi) is 8.40. The molecular weight excluding hydrogens is 380 g/mol. The summed E-state index contributed by atoms with van der Waals surface area (Å²) in [6, 6.07) is 7.50. The average Bonchev–Trinajstić information content (AvgIpc) is 2.74. The number of ether oxygens (including phenoxy) is 3. The van der Waals surface area contributed by atoms with Crippen LogP contribution in [0.25, 0.3) is 0 Å². The van der Waals surface area contributed by atoms with Crippen molar-refractivity contribution in [2.45, 2.75) is 38.4 Å². The number of benzene rings is 1. The van der Waals surface area contributed by atoms with Gasteiger partial charge in [-0.3, -0.25) is 9.69 Å². The lowest BCUT2D eigenvalue weighted by atomic mass is 10.1. The average molecular weight is 411 g/mol. The van der Waals surface area contributed by atoms with Gasteiger partial charge in [-0.2, -0.15) is 0 Å². The summed E-state index contributed by atoms with van der Waals surface area (Å²) in [6.45, 7) is 7.68. The fourth-order valence-electron chi connectivity index (χ4n) is 3.56. The Bertz CT molecular complexity index is 616. The third kappa shape index (κ3) is 6.34. The van der Waals surface area contributed by atoms with Gasteiger partial charge in [0.15, 0.2) is 0 Å². The van der Waals surface area contributed by atoms with Crippen LogP contribution in [0.4, 0.5) is 0 Å². The molecule has 7 heteroatoms. The molecule has 0 spiro atoms. The second kappa shape index (κ2) is 11.0. The van der Waals surface area contributed by atoms with Crippen molar-refractivity contribution in [3.05, 3.63) is 29.3 Å². The van der Waals surface area contributed by atoms with Gasteiger partial charge in [-0.25, -0.2) is 0 Å². The predicted octanol–water partition coefficient (Wildman–Crippen LogP) is 2.84. The lowest BCUT2D eigenvalue weighted by Crippen LogP contribution is -2.52. The van der Waals surface area contributed by atoms with Crippen molar-refractivity contribution in [2.24, 2.45) is 0 Å². The second-order valence-corrected chi connectivity index (χ2v) is 7.82. The minimum absolute atomic E-state index is 0.0720. The van der Waals surface area contributed by atoms with Gasteiger partial charge in [-0.15, -0.1) is 0 Å². The van der Waals surface area contributed by atoms with Crippen molar-refractivity contribution in [3.8, 4) is 5.75 Å². The highest BCUT2D eigenvalue weighted by Crippen LogP contribution is 2.23. The standard InChI is InChI=1S/C21H31ClN2O4/c1-17(28-16-18-6-4-5-14-26-18)21(25)24-11-9-23(10-12-24)13-15-27-20-8-3-2-7-19(20)22/h2-3,7-8,17-18H,4-6,9-16H2,1H3. The van der Waals surface area contributed by atoms with Crippen LogP contribution in [0.1, 0.15) is 26.2 Å². The van der Waals surface area contributed by atoms with E-state index in [4.69, 9.17) is 25.8 Å². The van der Waals surface area contributed by atoms with E-state index in [0.29, 0.717) is 24.0 Å². The summed E-state index contributed by atoms with van der Waals surface area (Å²) in [4.78, 5) is 16.8. The molecule has 0 saturated carbocycles. The van der Waals surface area contributed by atoms with E-state index in [9.17, 15) is 4.79 Å². The van der Waals surface area contributed by atoms with Crippen LogP contribution >= 0.6 is 11.6 Å². The molecule has 0 aromatic heterocycles. The van der Waals surface area contributed by atoms with Crippen molar-refractivity contribution < 1.29 is 19.0 Å². The zero-order valence-corrected chi connectivity index (χ0v) is 17.4. The van der Waals surface area contributed by atoms with Crippen molar-refractivity contribution in [3.63, 3.8) is 0 Å².